The van der Waals surface area contributed by atoms with Crippen LogP contribution in [-0.2, 0) is 4.74 Å². The number of carbonyl (C=O) groups is 2. The molecule has 1 aromatic rings. The summed E-state index contributed by atoms with van der Waals surface area (Å²) >= 11 is 0. The molecule has 1 aromatic heterocycles. The van der Waals surface area contributed by atoms with Crippen molar-refractivity contribution in [3.63, 3.8) is 0 Å². The zero-order chi connectivity index (χ0) is 18.9. The van der Waals surface area contributed by atoms with Gasteiger partial charge < -0.3 is 19.4 Å². The van der Waals surface area contributed by atoms with E-state index in [0.29, 0.717) is 50.5 Å². The maximum absolute atomic E-state index is 12.7. The van der Waals surface area contributed by atoms with Gasteiger partial charge >= 0.3 is 6.09 Å². The Bertz CT molecular complexity index is 678. The molecule has 2 amide bonds. The van der Waals surface area contributed by atoms with E-state index in [9.17, 15) is 9.59 Å². The van der Waals surface area contributed by atoms with Gasteiger partial charge in [0.15, 0.2) is 0 Å². The third kappa shape index (κ3) is 3.95. The first-order valence-corrected chi connectivity index (χ1v) is 9.02. The first-order valence-electron chi connectivity index (χ1n) is 9.02. The summed E-state index contributed by atoms with van der Waals surface area (Å²) in [5.41, 5.74) is 0.759. The highest BCUT2D eigenvalue weighted by Crippen LogP contribution is 2.33. The topological polar surface area (TPSA) is 78.9 Å². The van der Waals surface area contributed by atoms with E-state index in [1.165, 1.54) is 0 Å². The van der Waals surface area contributed by atoms with Gasteiger partial charge in [0.2, 0.25) is 0 Å². The molecule has 0 N–H and O–H groups in total. The average molecular weight is 361 g/mol. The van der Waals surface area contributed by atoms with Crippen LogP contribution in [0.1, 0.15) is 34.8 Å². The minimum absolute atomic E-state index is 0.0813. The van der Waals surface area contributed by atoms with Gasteiger partial charge in [0.1, 0.15) is 17.1 Å². The highest BCUT2D eigenvalue weighted by molar-refractivity contribution is 5.92. The fourth-order valence-corrected chi connectivity index (χ4v) is 3.55. The third-order valence-electron chi connectivity index (χ3n) is 5.01. The van der Waals surface area contributed by atoms with Gasteiger partial charge in [0.05, 0.1) is 6.54 Å². The highest BCUT2D eigenvalue weighted by Gasteiger charge is 2.47. The molecule has 0 aliphatic carbocycles. The lowest BCUT2D eigenvalue weighted by Crippen LogP contribution is -2.49. The van der Waals surface area contributed by atoms with Crippen molar-refractivity contribution in [2.45, 2.75) is 32.3 Å². The minimum atomic E-state index is -0.461. The Morgan fingerprint density at radius 3 is 2.58 bits per heavy atom. The smallest absolute Gasteiger partial charge is 0.410 e. The minimum Gasteiger partial charge on any atom is -0.441 e. The van der Waals surface area contributed by atoms with Crippen LogP contribution in [0.2, 0.25) is 0 Å². The van der Waals surface area contributed by atoms with Crippen LogP contribution in [0.15, 0.2) is 6.07 Å². The van der Waals surface area contributed by atoms with Crippen LogP contribution in [0.25, 0.3) is 0 Å². The Hall–Kier alpha value is -2.22. The first-order chi connectivity index (χ1) is 12.3. The van der Waals surface area contributed by atoms with Crippen LogP contribution >= 0.6 is 0 Å². The van der Waals surface area contributed by atoms with Gasteiger partial charge in [-0.25, -0.2) is 14.8 Å². The monoisotopic (exact) mass is 361 g/mol. The number of likely N-dealkylation sites (tertiary alicyclic amines) is 1. The van der Waals surface area contributed by atoms with Crippen molar-refractivity contribution in [1.82, 2.24) is 24.7 Å². The standard InChI is InChI=1S/C18H27N5O3/c1-13-11-15(20-14(2)19-13)16(24)22-7-5-18(6-8-22)12-23(17(25)26-18)10-9-21(3)4/h11H,5-10,12H2,1-4H3. The number of aryl methyl sites for hydroxylation is 2. The van der Waals surface area contributed by atoms with Crippen LogP contribution in [0.3, 0.4) is 0 Å². The molecular weight excluding hydrogens is 334 g/mol. The number of piperidine rings is 1. The van der Waals surface area contributed by atoms with Crippen LogP contribution < -0.4 is 0 Å². The number of carbonyl (C=O) groups excluding carboxylic acids is 2. The van der Waals surface area contributed by atoms with E-state index in [1.807, 2.05) is 25.9 Å². The molecule has 26 heavy (non-hydrogen) atoms. The van der Waals surface area contributed by atoms with Crippen molar-refractivity contribution >= 4 is 12.0 Å². The number of hydrogen-bond donors (Lipinski definition) is 0. The Labute approximate surface area is 154 Å². The molecule has 1 spiro atoms. The molecule has 0 aromatic carbocycles. The van der Waals surface area contributed by atoms with Crippen LogP contribution in [-0.4, -0.2) is 89.1 Å². The number of hydrogen-bond acceptors (Lipinski definition) is 6. The molecule has 2 aliphatic rings. The van der Waals surface area contributed by atoms with Gasteiger partial charge in [-0.05, 0) is 34.0 Å². The molecule has 2 aliphatic heterocycles. The molecule has 3 heterocycles. The Balaban J connectivity index is 1.60. The van der Waals surface area contributed by atoms with Gasteiger partial charge in [-0.1, -0.05) is 0 Å². The van der Waals surface area contributed by atoms with E-state index in [4.69, 9.17) is 4.74 Å². The second-order valence-electron chi connectivity index (χ2n) is 7.51. The summed E-state index contributed by atoms with van der Waals surface area (Å²) in [5, 5.41) is 0. The molecule has 8 nitrogen and oxygen atoms in total. The molecule has 0 bridgehead atoms. The quantitative estimate of drug-likeness (QED) is 0.799. The molecule has 2 saturated heterocycles. The van der Waals surface area contributed by atoms with E-state index in [-0.39, 0.29) is 12.0 Å². The third-order valence-corrected chi connectivity index (χ3v) is 5.01. The van der Waals surface area contributed by atoms with Crippen molar-refractivity contribution in [2.75, 3.05) is 46.8 Å². The van der Waals surface area contributed by atoms with Crippen molar-refractivity contribution in [1.29, 1.82) is 0 Å². The molecule has 3 rings (SSSR count). The highest BCUT2D eigenvalue weighted by atomic mass is 16.6. The maximum atomic E-state index is 12.7. The Morgan fingerprint density at radius 1 is 1.27 bits per heavy atom. The second kappa shape index (κ2) is 7.19. The summed E-state index contributed by atoms with van der Waals surface area (Å²) in [5.74, 6) is 0.519. The number of amides is 2. The second-order valence-corrected chi connectivity index (χ2v) is 7.51. The van der Waals surface area contributed by atoms with Gasteiger partial charge in [0.25, 0.3) is 5.91 Å². The molecule has 142 valence electrons. The van der Waals surface area contributed by atoms with Crippen LogP contribution in [0.4, 0.5) is 4.79 Å². The number of likely N-dealkylation sites (N-methyl/N-ethyl adjacent to an activating group) is 1. The molecule has 0 atom stereocenters. The van der Waals surface area contributed by atoms with E-state index in [2.05, 4.69) is 9.97 Å². The molecule has 0 radical (unpaired) electrons. The number of ether oxygens (including phenoxy) is 1. The van der Waals surface area contributed by atoms with E-state index >= 15 is 0 Å². The van der Waals surface area contributed by atoms with Crippen molar-refractivity contribution in [2.24, 2.45) is 0 Å². The molecule has 0 unspecified atom stereocenters. The zero-order valence-corrected chi connectivity index (χ0v) is 16.0. The fourth-order valence-electron chi connectivity index (χ4n) is 3.55. The fraction of sp³-hybridized carbons (Fsp3) is 0.667. The van der Waals surface area contributed by atoms with Gasteiger partial charge in [-0.2, -0.15) is 0 Å². The first kappa shape index (κ1) is 18.6. The van der Waals surface area contributed by atoms with Gasteiger partial charge in [-0.15, -0.1) is 0 Å². The molecule has 2 fully saturated rings. The number of nitrogens with zero attached hydrogens (tertiary/aromatic N) is 5. The molecule has 0 saturated carbocycles. The van der Waals surface area contributed by atoms with E-state index in [0.717, 1.165) is 12.2 Å². The summed E-state index contributed by atoms with van der Waals surface area (Å²) in [6, 6.07) is 1.72. The SMILES string of the molecule is Cc1cc(C(=O)N2CCC3(CC2)CN(CCN(C)C)C(=O)O3)nc(C)n1. The van der Waals surface area contributed by atoms with Gasteiger partial charge in [-0.3, -0.25) is 4.79 Å². The number of aromatic nitrogens is 2. The zero-order valence-electron chi connectivity index (χ0n) is 16.0. The van der Waals surface area contributed by atoms with E-state index < -0.39 is 5.60 Å². The molecular formula is C18H27N5O3. The summed E-state index contributed by atoms with van der Waals surface area (Å²) in [6.07, 6.45) is 1.08. The largest absolute Gasteiger partial charge is 0.441 e. The molecule has 8 heteroatoms. The Kier molecular flexibility index (Phi) is 5.13. The summed E-state index contributed by atoms with van der Waals surface area (Å²) in [6.45, 7) is 6.85. The van der Waals surface area contributed by atoms with Crippen LogP contribution in [0, 0.1) is 13.8 Å². The lowest BCUT2D eigenvalue weighted by atomic mass is 9.91. The number of rotatable bonds is 4. The van der Waals surface area contributed by atoms with Crippen LogP contribution in [0.5, 0.6) is 0 Å². The van der Waals surface area contributed by atoms with Crippen molar-refractivity contribution in [3.05, 3.63) is 23.3 Å². The maximum Gasteiger partial charge on any atom is 0.410 e. The lowest BCUT2D eigenvalue weighted by Gasteiger charge is -2.37. The Morgan fingerprint density at radius 2 is 1.96 bits per heavy atom. The van der Waals surface area contributed by atoms with Crippen molar-refractivity contribution < 1.29 is 14.3 Å². The predicted molar refractivity (Wildman–Crippen MR) is 96.0 cm³/mol. The normalized spacial score (nSPS) is 19.3. The van der Waals surface area contributed by atoms with Gasteiger partial charge in [0, 0.05) is 44.7 Å². The van der Waals surface area contributed by atoms with E-state index in [1.54, 1.807) is 22.8 Å². The summed E-state index contributed by atoms with van der Waals surface area (Å²) in [7, 11) is 3.97. The average Bonchev–Trinajstić information content (AvgIpc) is 2.87. The lowest BCUT2D eigenvalue weighted by molar-refractivity contribution is 0.00294. The predicted octanol–water partition coefficient (Wildman–Crippen LogP) is 1.08. The summed E-state index contributed by atoms with van der Waals surface area (Å²) < 4.78 is 5.71. The van der Waals surface area contributed by atoms with Crippen molar-refractivity contribution in [3.8, 4) is 0 Å². The summed E-state index contributed by atoms with van der Waals surface area (Å²) in [4.78, 5) is 39.0.